The van der Waals surface area contributed by atoms with E-state index in [9.17, 15) is 14.0 Å². The molecule has 0 radical (unpaired) electrons. The Bertz CT molecular complexity index is 1490. The van der Waals surface area contributed by atoms with Crippen LogP contribution in [-0.2, 0) is 6.54 Å². The van der Waals surface area contributed by atoms with Crippen molar-refractivity contribution in [3.8, 4) is 11.5 Å². The second-order valence-corrected chi connectivity index (χ2v) is 9.10. The third-order valence-electron chi connectivity index (χ3n) is 6.65. The SMILES string of the molecule is CCCCCOc1ccc(C2c3c(oc4ccccc4c3=O)C(=O)N2Cc2ccc(F)cc2)cc1OC. The molecular formula is C30H28FNO5. The summed E-state index contributed by atoms with van der Waals surface area (Å²) in [6.45, 7) is 2.87. The zero-order valence-corrected chi connectivity index (χ0v) is 20.8. The first-order valence-corrected chi connectivity index (χ1v) is 12.4. The van der Waals surface area contributed by atoms with E-state index in [1.165, 1.54) is 12.1 Å². The minimum atomic E-state index is -0.712. The Kier molecular flexibility index (Phi) is 6.95. The number of methoxy groups -OCH3 is 1. The van der Waals surface area contributed by atoms with Crippen LogP contribution in [0.4, 0.5) is 4.39 Å². The predicted molar refractivity (Wildman–Crippen MR) is 139 cm³/mol. The molecule has 1 atom stereocenters. The van der Waals surface area contributed by atoms with Crippen LogP contribution in [0, 0.1) is 5.82 Å². The van der Waals surface area contributed by atoms with Gasteiger partial charge in [-0.2, -0.15) is 0 Å². The number of hydrogen-bond acceptors (Lipinski definition) is 5. The molecule has 4 aromatic rings. The van der Waals surface area contributed by atoms with Gasteiger partial charge in [-0.1, -0.05) is 50.1 Å². The van der Waals surface area contributed by atoms with Gasteiger partial charge in [0.25, 0.3) is 5.91 Å². The average molecular weight is 502 g/mol. The summed E-state index contributed by atoms with van der Waals surface area (Å²) < 4.78 is 31.1. The van der Waals surface area contributed by atoms with Crippen LogP contribution < -0.4 is 14.9 Å². The van der Waals surface area contributed by atoms with E-state index in [0.29, 0.717) is 34.6 Å². The highest BCUT2D eigenvalue weighted by atomic mass is 19.1. The molecule has 1 aliphatic heterocycles. The Balaban J connectivity index is 1.60. The van der Waals surface area contributed by atoms with Crippen molar-refractivity contribution in [1.82, 2.24) is 4.90 Å². The molecule has 1 amide bonds. The van der Waals surface area contributed by atoms with Gasteiger partial charge in [-0.3, -0.25) is 9.59 Å². The normalized spacial score (nSPS) is 14.7. The molecule has 0 fully saturated rings. The van der Waals surface area contributed by atoms with Crippen LogP contribution in [0.25, 0.3) is 11.0 Å². The number of unbranched alkanes of at least 4 members (excludes halogenated alkanes) is 2. The Morgan fingerprint density at radius 1 is 0.973 bits per heavy atom. The number of para-hydroxylation sites is 1. The van der Waals surface area contributed by atoms with Crippen molar-refractivity contribution in [1.29, 1.82) is 0 Å². The van der Waals surface area contributed by atoms with E-state index in [4.69, 9.17) is 13.9 Å². The number of fused-ring (bicyclic) bond motifs is 2. The van der Waals surface area contributed by atoms with Crippen LogP contribution in [0.15, 0.2) is 75.9 Å². The third kappa shape index (κ3) is 4.69. The fourth-order valence-electron chi connectivity index (χ4n) is 4.77. The van der Waals surface area contributed by atoms with Crippen molar-refractivity contribution in [2.75, 3.05) is 13.7 Å². The molecule has 0 bridgehead atoms. The molecule has 1 aliphatic rings. The predicted octanol–water partition coefficient (Wildman–Crippen LogP) is 6.26. The van der Waals surface area contributed by atoms with Crippen LogP contribution in [0.5, 0.6) is 11.5 Å². The van der Waals surface area contributed by atoms with Gasteiger partial charge < -0.3 is 18.8 Å². The van der Waals surface area contributed by atoms with Gasteiger partial charge in [0.15, 0.2) is 16.9 Å². The number of halogens is 1. The van der Waals surface area contributed by atoms with Crippen molar-refractivity contribution in [2.45, 2.75) is 38.8 Å². The van der Waals surface area contributed by atoms with Crippen LogP contribution in [0.2, 0.25) is 0 Å². The number of rotatable bonds is 9. The second kappa shape index (κ2) is 10.5. The molecule has 0 N–H and O–H groups in total. The Labute approximate surface area is 214 Å². The summed E-state index contributed by atoms with van der Waals surface area (Å²) in [5, 5.41) is 0.408. The Morgan fingerprint density at radius 3 is 2.51 bits per heavy atom. The van der Waals surface area contributed by atoms with Gasteiger partial charge in [0.2, 0.25) is 5.76 Å². The largest absolute Gasteiger partial charge is 0.493 e. The molecule has 5 rings (SSSR count). The van der Waals surface area contributed by atoms with Gasteiger partial charge >= 0.3 is 0 Å². The van der Waals surface area contributed by atoms with E-state index < -0.39 is 11.9 Å². The first-order chi connectivity index (χ1) is 18.0. The molecule has 7 heteroatoms. The van der Waals surface area contributed by atoms with E-state index in [-0.39, 0.29) is 29.1 Å². The van der Waals surface area contributed by atoms with Crippen molar-refractivity contribution >= 4 is 16.9 Å². The zero-order chi connectivity index (χ0) is 25.9. The van der Waals surface area contributed by atoms with E-state index in [2.05, 4.69) is 6.92 Å². The maximum Gasteiger partial charge on any atom is 0.291 e. The maximum absolute atomic E-state index is 13.7. The van der Waals surface area contributed by atoms with Crippen LogP contribution in [-0.4, -0.2) is 24.5 Å². The molecule has 190 valence electrons. The zero-order valence-electron chi connectivity index (χ0n) is 20.8. The topological polar surface area (TPSA) is 69.0 Å². The lowest BCUT2D eigenvalue weighted by molar-refractivity contribution is 0.0714. The number of nitrogens with zero attached hydrogens (tertiary/aromatic N) is 1. The summed E-state index contributed by atoms with van der Waals surface area (Å²) in [5.74, 6) is 0.378. The first-order valence-electron chi connectivity index (χ1n) is 12.4. The summed E-state index contributed by atoms with van der Waals surface area (Å²) in [4.78, 5) is 28.9. The molecule has 6 nitrogen and oxygen atoms in total. The third-order valence-corrected chi connectivity index (χ3v) is 6.65. The highest BCUT2D eigenvalue weighted by Gasteiger charge is 2.43. The van der Waals surface area contributed by atoms with Crippen molar-refractivity contribution in [3.63, 3.8) is 0 Å². The monoisotopic (exact) mass is 501 g/mol. The van der Waals surface area contributed by atoms with Gasteiger partial charge in [-0.15, -0.1) is 0 Å². The second-order valence-electron chi connectivity index (χ2n) is 9.10. The average Bonchev–Trinajstić information content (AvgIpc) is 3.19. The smallest absolute Gasteiger partial charge is 0.291 e. The van der Waals surface area contributed by atoms with E-state index in [0.717, 1.165) is 24.8 Å². The van der Waals surface area contributed by atoms with Crippen molar-refractivity contribution < 1.29 is 23.1 Å². The van der Waals surface area contributed by atoms with E-state index >= 15 is 0 Å². The highest BCUT2D eigenvalue weighted by Crippen LogP contribution is 2.41. The Hall–Kier alpha value is -4.13. The number of amides is 1. The van der Waals surface area contributed by atoms with Crippen LogP contribution in [0.3, 0.4) is 0 Å². The molecule has 0 spiro atoms. The van der Waals surface area contributed by atoms with Crippen LogP contribution in [0.1, 0.15) is 59.5 Å². The minimum absolute atomic E-state index is 0.0228. The number of ether oxygens (including phenoxy) is 2. The minimum Gasteiger partial charge on any atom is -0.493 e. The number of benzene rings is 3. The van der Waals surface area contributed by atoms with E-state index in [1.807, 2.05) is 6.07 Å². The molecule has 1 aromatic heterocycles. The molecule has 3 aromatic carbocycles. The summed E-state index contributed by atoms with van der Waals surface area (Å²) in [6, 6.07) is 17.6. The lowest BCUT2D eigenvalue weighted by atomic mass is 9.97. The number of carbonyl (C=O) groups excluding carboxylic acids is 1. The summed E-state index contributed by atoms with van der Waals surface area (Å²) in [5.41, 5.74) is 1.80. The fourth-order valence-corrected chi connectivity index (χ4v) is 4.77. The highest BCUT2D eigenvalue weighted by molar-refractivity contribution is 5.99. The molecule has 2 heterocycles. The summed E-state index contributed by atoms with van der Waals surface area (Å²) in [6.07, 6.45) is 3.10. The molecule has 1 unspecified atom stereocenters. The lowest BCUT2D eigenvalue weighted by Gasteiger charge is -2.26. The van der Waals surface area contributed by atoms with Gasteiger partial charge in [-0.05, 0) is 53.9 Å². The van der Waals surface area contributed by atoms with Gasteiger partial charge in [0, 0.05) is 6.54 Å². The number of carbonyl (C=O) groups is 1. The molecule has 0 saturated carbocycles. The lowest BCUT2D eigenvalue weighted by Crippen LogP contribution is -2.29. The Morgan fingerprint density at radius 2 is 1.76 bits per heavy atom. The number of hydrogen-bond donors (Lipinski definition) is 0. The summed E-state index contributed by atoms with van der Waals surface area (Å²) in [7, 11) is 1.56. The standard InChI is InChI=1S/C30H28FNO5/c1-3-4-7-16-36-24-15-12-20(17-25(24)35-2)27-26-28(33)22-8-5-6-9-23(22)37-29(26)30(34)32(27)18-19-10-13-21(31)14-11-19/h5-6,8-15,17,27H,3-4,7,16,18H2,1-2H3. The molecular weight excluding hydrogens is 473 g/mol. The fraction of sp³-hybridized carbons (Fsp3) is 0.267. The summed E-state index contributed by atoms with van der Waals surface area (Å²) >= 11 is 0. The molecule has 37 heavy (non-hydrogen) atoms. The van der Waals surface area contributed by atoms with Gasteiger partial charge in [0.1, 0.15) is 11.4 Å². The van der Waals surface area contributed by atoms with Gasteiger partial charge in [-0.25, -0.2) is 4.39 Å². The van der Waals surface area contributed by atoms with Crippen molar-refractivity contribution in [2.24, 2.45) is 0 Å². The quantitative estimate of drug-likeness (QED) is 0.253. The molecule has 0 saturated heterocycles. The first kappa shape index (κ1) is 24.6. The maximum atomic E-state index is 13.7. The van der Waals surface area contributed by atoms with E-state index in [1.54, 1.807) is 60.5 Å². The molecule has 0 aliphatic carbocycles. The van der Waals surface area contributed by atoms with Gasteiger partial charge in [0.05, 0.1) is 30.7 Å². The van der Waals surface area contributed by atoms with Crippen LogP contribution >= 0.6 is 0 Å². The van der Waals surface area contributed by atoms with Crippen molar-refractivity contribution in [3.05, 3.63) is 105 Å².